The lowest BCUT2D eigenvalue weighted by Gasteiger charge is -2.33. The van der Waals surface area contributed by atoms with Crippen LogP contribution in [0, 0.1) is 13.8 Å². The van der Waals surface area contributed by atoms with Gasteiger partial charge in [0.25, 0.3) is 0 Å². The Kier molecular flexibility index (Phi) is 10.3. The number of hydrogen-bond donors (Lipinski definition) is 0. The van der Waals surface area contributed by atoms with E-state index < -0.39 is 29.0 Å². The highest BCUT2D eigenvalue weighted by Gasteiger charge is 2.41. The zero-order valence-electron chi connectivity index (χ0n) is 28.1. The van der Waals surface area contributed by atoms with Gasteiger partial charge in [-0.25, -0.2) is 19.3 Å². The summed E-state index contributed by atoms with van der Waals surface area (Å²) in [5.41, 5.74) is 2.90. The molecule has 256 valence electrons. The Morgan fingerprint density at radius 3 is 2.35 bits per heavy atom. The third-order valence-electron chi connectivity index (χ3n) is 8.30. The van der Waals surface area contributed by atoms with Gasteiger partial charge in [0.2, 0.25) is 0 Å². The van der Waals surface area contributed by atoms with Gasteiger partial charge >= 0.3 is 18.2 Å². The second-order valence-electron chi connectivity index (χ2n) is 13.1. The normalized spacial score (nSPS) is 14.3. The van der Waals surface area contributed by atoms with Crippen LogP contribution in [0.25, 0.3) is 16.4 Å². The van der Waals surface area contributed by atoms with Crippen molar-refractivity contribution in [2.24, 2.45) is 0 Å². The minimum atomic E-state index is -4.86. The maximum absolute atomic E-state index is 14.1. The number of carbonyl (C=O) groups excluding carboxylic acids is 2. The predicted molar refractivity (Wildman–Crippen MR) is 179 cm³/mol. The van der Waals surface area contributed by atoms with Crippen LogP contribution < -0.4 is 0 Å². The lowest BCUT2D eigenvalue weighted by molar-refractivity contribution is -0.143. The average Bonchev–Trinajstić information content (AvgIpc) is 3.64. The number of pyridine rings is 1. The van der Waals surface area contributed by atoms with Crippen molar-refractivity contribution in [1.82, 2.24) is 19.7 Å². The van der Waals surface area contributed by atoms with Crippen LogP contribution in [0.1, 0.15) is 89.6 Å². The molecule has 4 aromatic rings. The number of aryl methyl sites for hydroxylation is 4. The first kappa shape index (κ1) is 35.1. The minimum Gasteiger partial charge on any atom is -0.462 e. The van der Waals surface area contributed by atoms with Crippen molar-refractivity contribution in [1.29, 1.82) is 0 Å². The monoisotopic (exact) mass is 682 g/mol. The molecule has 1 fully saturated rings. The van der Waals surface area contributed by atoms with Crippen molar-refractivity contribution >= 4 is 23.4 Å². The van der Waals surface area contributed by atoms with E-state index in [1.807, 2.05) is 27.7 Å². The maximum atomic E-state index is 14.1. The standard InChI is InChI=1S/C36H41F3N4O4S/c1-7-46-33(44)28-21-40-43(32(28)36(37,38)39)30-10-8-9-29(41-30)31-27(20-23(3)48-31)14-12-24-11-13-26(19-22(24)2)25-15-17-42(18-16-25)34(45)47-35(4,5)6/h8-11,13,19-21,25H,7,12,14-18H2,1-6H3. The summed E-state index contributed by atoms with van der Waals surface area (Å²) in [7, 11) is 0. The fourth-order valence-corrected chi connectivity index (χ4v) is 7.07. The zero-order chi connectivity index (χ0) is 34.8. The van der Waals surface area contributed by atoms with E-state index in [0.29, 0.717) is 29.4 Å². The van der Waals surface area contributed by atoms with Gasteiger partial charge in [-0.15, -0.1) is 11.3 Å². The average molecular weight is 683 g/mol. The van der Waals surface area contributed by atoms with E-state index in [0.717, 1.165) is 47.2 Å². The molecule has 1 saturated heterocycles. The van der Waals surface area contributed by atoms with Crippen molar-refractivity contribution in [3.8, 4) is 16.4 Å². The highest BCUT2D eigenvalue weighted by molar-refractivity contribution is 7.15. The summed E-state index contributed by atoms with van der Waals surface area (Å²) < 4.78 is 53.4. The number of alkyl halides is 3. The Hall–Kier alpha value is -4.19. The number of ether oxygens (including phenoxy) is 2. The summed E-state index contributed by atoms with van der Waals surface area (Å²) in [5, 5.41) is 3.88. The lowest BCUT2D eigenvalue weighted by atomic mass is 9.87. The fraction of sp³-hybridized carbons (Fsp3) is 0.444. The number of hydrogen-bond acceptors (Lipinski definition) is 7. The Bertz CT molecular complexity index is 1780. The lowest BCUT2D eigenvalue weighted by Crippen LogP contribution is -2.41. The van der Waals surface area contributed by atoms with E-state index in [9.17, 15) is 22.8 Å². The maximum Gasteiger partial charge on any atom is 0.434 e. The molecule has 0 N–H and O–H groups in total. The molecular weight excluding hydrogens is 641 g/mol. The topological polar surface area (TPSA) is 86.6 Å². The number of piperidine rings is 1. The Labute approximate surface area is 282 Å². The van der Waals surface area contributed by atoms with Crippen molar-refractivity contribution in [3.05, 3.63) is 87.0 Å². The third-order valence-corrected chi connectivity index (χ3v) is 9.41. The SMILES string of the molecule is CCOC(=O)c1cnn(-c2cccc(-c3sc(C)cc3CCc3ccc(C4CCN(C(=O)OC(C)(C)C)CC4)cc3C)n2)c1C(F)(F)F. The van der Waals surface area contributed by atoms with Crippen LogP contribution in [0.2, 0.25) is 0 Å². The van der Waals surface area contributed by atoms with Crippen LogP contribution in [0.5, 0.6) is 0 Å². The van der Waals surface area contributed by atoms with Gasteiger partial charge in [0.15, 0.2) is 11.5 Å². The van der Waals surface area contributed by atoms with Crippen LogP contribution in [0.3, 0.4) is 0 Å². The van der Waals surface area contributed by atoms with Gasteiger partial charge in [0, 0.05) is 18.0 Å². The number of benzene rings is 1. The molecule has 0 saturated carbocycles. The highest BCUT2D eigenvalue weighted by atomic mass is 32.1. The molecule has 4 heterocycles. The molecule has 1 aliphatic heterocycles. The van der Waals surface area contributed by atoms with Crippen LogP contribution in [-0.2, 0) is 28.5 Å². The Morgan fingerprint density at radius 2 is 1.71 bits per heavy atom. The summed E-state index contributed by atoms with van der Waals surface area (Å²) >= 11 is 1.54. The highest BCUT2D eigenvalue weighted by Crippen LogP contribution is 2.36. The van der Waals surface area contributed by atoms with Crippen LogP contribution in [0.4, 0.5) is 18.0 Å². The second kappa shape index (κ2) is 14.1. The van der Waals surface area contributed by atoms with E-state index in [1.54, 1.807) is 17.0 Å². The van der Waals surface area contributed by atoms with E-state index in [-0.39, 0.29) is 18.5 Å². The van der Waals surface area contributed by atoms with Gasteiger partial charge in [-0.1, -0.05) is 24.3 Å². The Morgan fingerprint density at radius 1 is 1.00 bits per heavy atom. The molecule has 3 aromatic heterocycles. The first-order valence-electron chi connectivity index (χ1n) is 16.1. The van der Waals surface area contributed by atoms with E-state index in [2.05, 4.69) is 41.3 Å². The molecule has 1 aliphatic rings. The third kappa shape index (κ3) is 8.08. The number of carbonyl (C=O) groups is 2. The molecule has 1 amide bonds. The number of esters is 1. The number of aromatic nitrogens is 3. The molecule has 48 heavy (non-hydrogen) atoms. The predicted octanol–water partition coefficient (Wildman–Crippen LogP) is 8.71. The molecule has 0 unspecified atom stereocenters. The molecule has 1 aromatic carbocycles. The zero-order valence-corrected chi connectivity index (χ0v) is 28.9. The van der Waals surface area contributed by atoms with Crippen LogP contribution in [-0.4, -0.2) is 57.0 Å². The number of rotatable bonds is 8. The van der Waals surface area contributed by atoms with Gasteiger partial charge in [-0.3, -0.25) is 0 Å². The Balaban J connectivity index is 1.30. The molecule has 8 nitrogen and oxygen atoms in total. The van der Waals surface area contributed by atoms with Gasteiger partial charge in [0.1, 0.15) is 11.2 Å². The molecule has 0 bridgehead atoms. The minimum absolute atomic E-state index is 0.0456. The van der Waals surface area contributed by atoms with Crippen LogP contribution >= 0.6 is 11.3 Å². The summed E-state index contributed by atoms with van der Waals surface area (Å²) in [6, 6.07) is 13.6. The number of thiophene rings is 1. The largest absolute Gasteiger partial charge is 0.462 e. The van der Waals surface area contributed by atoms with Gasteiger partial charge < -0.3 is 14.4 Å². The second-order valence-corrected chi connectivity index (χ2v) is 14.3. The molecule has 0 atom stereocenters. The van der Waals surface area contributed by atoms with Gasteiger partial charge in [0.05, 0.1) is 23.4 Å². The van der Waals surface area contributed by atoms with E-state index in [4.69, 9.17) is 9.47 Å². The van der Waals surface area contributed by atoms with Crippen molar-refractivity contribution < 1.29 is 32.2 Å². The van der Waals surface area contributed by atoms with Crippen LogP contribution in [0.15, 0.2) is 48.7 Å². The van der Waals surface area contributed by atoms with Crippen molar-refractivity contribution in [2.45, 2.75) is 84.9 Å². The molecular formula is C36H41F3N4O4S. The van der Waals surface area contributed by atoms with Gasteiger partial charge in [-0.2, -0.15) is 18.3 Å². The van der Waals surface area contributed by atoms with Crippen molar-refractivity contribution in [3.63, 3.8) is 0 Å². The number of halogens is 3. The molecule has 0 spiro atoms. The quantitative estimate of drug-likeness (QED) is 0.173. The van der Waals surface area contributed by atoms with Gasteiger partial charge in [-0.05, 0) is 114 Å². The first-order valence-corrected chi connectivity index (χ1v) is 16.9. The molecule has 12 heteroatoms. The van der Waals surface area contributed by atoms with E-state index >= 15 is 0 Å². The number of amides is 1. The summed E-state index contributed by atoms with van der Waals surface area (Å²) in [6.45, 7) is 12.5. The number of likely N-dealkylation sites (tertiary alicyclic amines) is 1. The summed E-state index contributed by atoms with van der Waals surface area (Å²) in [5.74, 6) is -0.757. The smallest absolute Gasteiger partial charge is 0.434 e. The molecule has 5 rings (SSSR count). The molecule has 0 aliphatic carbocycles. The van der Waals surface area contributed by atoms with Crippen molar-refractivity contribution in [2.75, 3.05) is 19.7 Å². The van der Waals surface area contributed by atoms with E-state index in [1.165, 1.54) is 41.0 Å². The fourth-order valence-electron chi connectivity index (χ4n) is 6.03. The summed E-state index contributed by atoms with van der Waals surface area (Å²) in [6.07, 6.45) is -0.964. The summed E-state index contributed by atoms with van der Waals surface area (Å²) in [4.78, 5) is 33.1. The number of nitrogens with zero attached hydrogens (tertiary/aromatic N) is 4. The first-order chi connectivity index (χ1) is 22.6. The molecule has 0 radical (unpaired) electrons.